The molecule has 26 heavy (non-hydrogen) atoms. The molecule has 0 aliphatic heterocycles. The Labute approximate surface area is 151 Å². The number of hydrogen-bond donors (Lipinski definition) is 1. The molecule has 1 N–H and O–H groups in total. The summed E-state index contributed by atoms with van der Waals surface area (Å²) in [5, 5.41) is 14.0. The normalized spacial score (nSPS) is 11.4. The first-order valence-corrected chi connectivity index (χ1v) is 9.82. The fourth-order valence-electron chi connectivity index (χ4n) is 2.61. The number of ketones is 1. The van der Waals surface area contributed by atoms with Crippen LogP contribution in [-0.4, -0.2) is 47.9 Å². The number of nitrogens with zero attached hydrogens (tertiary/aromatic N) is 2. The molecule has 1 aromatic carbocycles. The van der Waals surface area contributed by atoms with Gasteiger partial charge in [-0.3, -0.25) is 4.79 Å². The van der Waals surface area contributed by atoms with Crippen LogP contribution in [0.1, 0.15) is 45.7 Å². The predicted molar refractivity (Wildman–Crippen MR) is 93.2 cm³/mol. The van der Waals surface area contributed by atoms with E-state index in [9.17, 15) is 23.1 Å². The van der Waals surface area contributed by atoms with E-state index in [-0.39, 0.29) is 39.6 Å². The zero-order valence-corrected chi connectivity index (χ0v) is 15.8. The third kappa shape index (κ3) is 3.48. The van der Waals surface area contributed by atoms with Gasteiger partial charge in [0.25, 0.3) is 0 Å². The van der Waals surface area contributed by atoms with Gasteiger partial charge >= 0.3 is 5.97 Å². The van der Waals surface area contributed by atoms with Crippen molar-refractivity contribution in [1.29, 1.82) is 0 Å². The van der Waals surface area contributed by atoms with Gasteiger partial charge in [-0.1, -0.05) is 0 Å². The van der Waals surface area contributed by atoms with Crippen LogP contribution < -0.4 is 0 Å². The molecular weight excluding hydrogens is 360 g/mol. The largest absolute Gasteiger partial charge is 0.493 e. The van der Waals surface area contributed by atoms with Crippen molar-refractivity contribution in [3.05, 3.63) is 40.6 Å². The summed E-state index contributed by atoms with van der Waals surface area (Å²) in [6.07, 6.45) is 2.21. The third-order valence-corrected chi connectivity index (χ3v) is 5.05. The molecule has 2 aromatic rings. The van der Waals surface area contributed by atoms with Crippen molar-refractivity contribution >= 4 is 21.6 Å². The van der Waals surface area contributed by atoms with Gasteiger partial charge in [0.05, 0.1) is 23.3 Å². The van der Waals surface area contributed by atoms with Gasteiger partial charge in [0.1, 0.15) is 5.56 Å². The zero-order valence-electron chi connectivity index (χ0n) is 14.9. The quantitative estimate of drug-likeness (QED) is 0.599. The SMILES string of the molecule is CCOC(=O)c1c(S(C)(=O)=O)ccc(C(=O)c2cnn(CC)c2O)c1C. The standard InChI is InChI=1S/C17H20N2O6S/c1-5-19-16(21)12(9-18-19)15(20)11-7-8-13(26(4,23)24)14(10(11)3)17(22)25-6-2/h7-9,21H,5-6H2,1-4H3. The van der Waals surface area contributed by atoms with E-state index in [1.807, 2.05) is 0 Å². The monoisotopic (exact) mass is 380 g/mol. The summed E-state index contributed by atoms with van der Waals surface area (Å²) in [6.45, 7) is 5.25. The van der Waals surface area contributed by atoms with Gasteiger partial charge in [-0.25, -0.2) is 17.9 Å². The topological polar surface area (TPSA) is 116 Å². The maximum absolute atomic E-state index is 12.8. The summed E-state index contributed by atoms with van der Waals surface area (Å²) >= 11 is 0. The summed E-state index contributed by atoms with van der Waals surface area (Å²) < 4.78 is 30.2. The fourth-order valence-corrected chi connectivity index (χ4v) is 3.54. The van der Waals surface area contributed by atoms with E-state index in [4.69, 9.17) is 4.74 Å². The number of carbonyl (C=O) groups excluding carboxylic acids is 2. The third-order valence-electron chi connectivity index (χ3n) is 3.91. The highest BCUT2D eigenvalue weighted by atomic mass is 32.2. The highest BCUT2D eigenvalue weighted by Crippen LogP contribution is 2.28. The lowest BCUT2D eigenvalue weighted by Crippen LogP contribution is -2.16. The molecule has 140 valence electrons. The van der Waals surface area contributed by atoms with Crippen LogP contribution in [-0.2, 0) is 21.1 Å². The number of carbonyl (C=O) groups is 2. The van der Waals surface area contributed by atoms with E-state index in [1.54, 1.807) is 13.8 Å². The lowest BCUT2D eigenvalue weighted by Gasteiger charge is -2.13. The average molecular weight is 380 g/mol. The van der Waals surface area contributed by atoms with E-state index >= 15 is 0 Å². The number of esters is 1. The van der Waals surface area contributed by atoms with Crippen molar-refractivity contribution in [2.24, 2.45) is 0 Å². The molecule has 0 fully saturated rings. The van der Waals surface area contributed by atoms with Gasteiger partial charge in [0.2, 0.25) is 5.88 Å². The Morgan fingerprint density at radius 3 is 2.38 bits per heavy atom. The van der Waals surface area contributed by atoms with Crippen LogP contribution in [0, 0.1) is 6.92 Å². The first-order valence-electron chi connectivity index (χ1n) is 7.93. The summed E-state index contributed by atoms with van der Waals surface area (Å²) in [5.41, 5.74) is 0.0471. The Morgan fingerprint density at radius 2 is 1.88 bits per heavy atom. The van der Waals surface area contributed by atoms with Gasteiger partial charge in [-0.2, -0.15) is 5.10 Å². The molecular formula is C17H20N2O6S. The number of sulfone groups is 1. The van der Waals surface area contributed by atoms with Crippen LogP contribution >= 0.6 is 0 Å². The van der Waals surface area contributed by atoms with Crippen LogP contribution in [0.2, 0.25) is 0 Å². The second kappa shape index (κ2) is 7.28. The second-order valence-electron chi connectivity index (χ2n) is 5.63. The number of ether oxygens (including phenoxy) is 1. The Bertz CT molecular complexity index is 975. The van der Waals surface area contributed by atoms with Gasteiger partial charge < -0.3 is 9.84 Å². The van der Waals surface area contributed by atoms with Gasteiger partial charge in [0, 0.05) is 18.4 Å². The predicted octanol–water partition coefficient (Wildman–Crippen LogP) is 1.73. The molecule has 0 aliphatic carbocycles. The van der Waals surface area contributed by atoms with Crippen LogP contribution in [0.15, 0.2) is 23.2 Å². The number of hydrogen-bond acceptors (Lipinski definition) is 7. The van der Waals surface area contributed by atoms with Gasteiger partial charge in [0.15, 0.2) is 15.6 Å². The molecule has 0 unspecified atom stereocenters. The molecule has 0 saturated heterocycles. The molecule has 1 heterocycles. The number of benzene rings is 1. The Hall–Kier alpha value is -2.68. The number of aryl methyl sites for hydroxylation is 1. The molecule has 0 aliphatic rings. The Balaban J connectivity index is 2.67. The second-order valence-corrected chi connectivity index (χ2v) is 7.61. The minimum atomic E-state index is -3.71. The van der Waals surface area contributed by atoms with Crippen molar-refractivity contribution in [2.45, 2.75) is 32.2 Å². The first-order chi connectivity index (χ1) is 12.1. The summed E-state index contributed by atoms with van der Waals surface area (Å²) in [7, 11) is -3.71. The average Bonchev–Trinajstić information content (AvgIpc) is 2.93. The first kappa shape index (κ1) is 19.6. The summed E-state index contributed by atoms with van der Waals surface area (Å²) in [6, 6.07) is 2.52. The Kier molecular flexibility index (Phi) is 5.50. The molecule has 9 heteroatoms. The maximum Gasteiger partial charge on any atom is 0.339 e. The molecule has 8 nitrogen and oxygen atoms in total. The van der Waals surface area contributed by atoms with Gasteiger partial charge in [-0.15, -0.1) is 0 Å². The van der Waals surface area contributed by atoms with E-state index in [0.717, 1.165) is 6.26 Å². The van der Waals surface area contributed by atoms with Gasteiger partial charge in [-0.05, 0) is 38.5 Å². The smallest absolute Gasteiger partial charge is 0.339 e. The molecule has 0 spiro atoms. The lowest BCUT2D eigenvalue weighted by atomic mass is 9.96. The van der Waals surface area contributed by atoms with Crippen molar-refractivity contribution in [2.75, 3.05) is 12.9 Å². The van der Waals surface area contributed by atoms with Crippen molar-refractivity contribution in [3.8, 4) is 5.88 Å². The zero-order chi connectivity index (χ0) is 19.6. The molecule has 0 atom stereocenters. The van der Waals surface area contributed by atoms with E-state index < -0.39 is 21.6 Å². The molecule has 0 saturated carbocycles. The fraction of sp³-hybridized carbons (Fsp3) is 0.353. The number of aromatic nitrogens is 2. The number of aromatic hydroxyl groups is 1. The van der Waals surface area contributed by atoms with Crippen LogP contribution in [0.4, 0.5) is 0 Å². The van der Waals surface area contributed by atoms with Crippen LogP contribution in [0.5, 0.6) is 5.88 Å². The summed E-state index contributed by atoms with van der Waals surface area (Å²) in [4.78, 5) is 24.9. The maximum atomic E-state index is 12.8. The molecule has 1 aromatic heterocycles. The highest BCUT2D eigenvalue weighted by molar-refractivity contribution is 7.90. The minimum Gasteiger partial charge on any atom is -0.493 e. The van der Waals surface area contributed by atoms with Crippen molar-refractivity contribution in [1.82, 2.24) is 9.78 Å². The van der Waals surface area contributed by atoms with Crippen LogP contribution in [0.25, 0.3) is 0 Å². The van der Waals surface area contributed by atoms with E-state index in [2.05, 4.69) is 5.10 Å². The molecule has 0 amide bonds. The Morgan fingerprint density at radius 1 is 1.23 bits per heavy atom. The minimum absolute atomic E-state index is 0.0307. The van der Waals surface area contributed by atoms with E-state index in [1.165, 1.54) is 29.9 Å². The van der Waals surface area contributed by atoms with Crippen molar-refractivity contribution in [3.63, 3.8) is 0 Å². The van der Waals surface area contributed by atoms with Crippen LogP contribution in [0.3, 0.4) is 0 Å². The molecule has 0 radical (unpaired) electrons. The highest BCUT2D eigenvalue weighted by Gasteiger charge is 2.27. The summed E-state index contributed by atoms with van der Waals surface area (Å²) in [5.74, 6) is -1.68. The van der Waals surface area contributed by atoms with E-state index in [0.29, 0.717) is 6.54 Å². The number of rotatable bonds is 6. The lowest BCUT2D eigenvalue weighted by molar-refractivity contribution is 0.0521. The molecule has 2 rings (SSSR count). The molecule has 0 bridgehead atoms. The van der Waals surface area contributed by atoms with Crippen molar-refractivity contribution < 1.29 is 27.9 Å².